The SMILES string of the molecule is C1C2CC3CC1CC(NNC14CC5CC(CC(C5)C1)C4)(C2)C3. The van der Waals surface area contributed by atoms with Crippen LogP contribution in [0.1, 0.15) is 77.0 Å². The van der Waals surface area contributed by atoms with E-state index < -0.39 is 0 Å². The van der Waals surface area contributed by atoms with Gasteiger partial charge in [-0.15, -0.1) is 0 Å². The molecule has 2 nitrogen and oxygen atoms in total. The zero-order valence-corrected chi connectivity index (χ0v) is 13.9. The van der Waals surface area contributed by atoms with Crippen LogP contribution in [0.2, 0.25) is 0 Å². The minimum absolute atomic E-state index is 0.484. The maximum Gasteiger partial charge on any atom is 0.0331 e. The van der Waals surface area contributed by atoms with E-state index in [4.69, 9.17) is 0 Å². The van der Waals surface area contributed by atoms with Crippen LogP contribution in [0.3, 0.4) is 0 Å². The number of hydrogen-bond acceptors (Lipinski definition) is 2. The molecular weight excluding hydrogens is 268 g/mol. The topological polar surface area (TPSA) is 24.1 Å². The summed E-state index contributed by atoms with van der Waals surface area (Å²) in [5, 5.41) is 0. The van der Waals surface area contributed by atoms with Crippen LogP contribution in [0.4, 0.5) is 0 Å². The lowest BCUT2D eigenvalue weighted by molar-refractivity contribution is -0.0645. The first-order valence-electron chi connectivity index (χ1n) is 10.2. The molecule has 22 heavy (non-hydrogen) atoms. The second kappa shape index (κ2) is 4.30. The van der Waals surface area contributed by atoms with Crippen LogP contribution in [0.25, 0.3) is 0 Å². The molecule has 0 aromatic carbocycles. The van der Waals surface area contributed by atoms with Crippen LogP contribution in [0.5, 0.6) is 0 Å². The Balaban J connectivity index is 1.20. The van der Waals surface area contributed by atoms with Crippen molar-refractivity contribution < 1.29 is 0 Å². The van der Waals surface area contributed by atoms with Gasteiger partial charge < -0.3 is 0 Å². The highest BCUT2D eigenvalue weighted by molar-refractivity contribution is 5.09. The highest BCUT2D eigenvalue weighted by atomic mass is 15.4. The molecular formula is C20H32N2. The van der Waals surface area contributed by atoms with Crippen molar-refractivity contribution in [2.75, 3.05) is 0 Å². The Bertz CT molecular complexity index is 368. The van der Waals surface area contributed by atoms with Crippen molar-refractivity contribution in [2.24, 2.45) is 35.5 Å². The predicted molar refractivity (Wildman–Crippen MR) is 88.1 cm³/mol. The molecule has 8 aliphatic rings. The first-order chi connectivity index (χ1) is 10.7. The summed E-state index contributed by atoms with van der Waals surface area (Å²) >= 11 is 0. The summed E-state index contributed by atoms with van der Waals surface area (Å²) in [4.78, 5) is 0. The minimum Gasteiger partial charge on any atom is -0.251 e. The first-order valence-corrected chi connectivity index (χ1v) is 10.2. The number of nitrogens with one attached hydrogen (secondary N) is 2. The number of hydrazine groups is 1. The maximum atomic E-state index is 4.03. The summed E-state index contributed by atoms with van der Waals surface area (Å²) in [6, 6.07) is 0. The Morgan fingerprint density at radius 1 is 0.409 bits per heavy atom. The normalized spacial score (nSPS) is 61.1. The molecule has 0 spiro atoms. The van der Waals surface area contributed by atoms with E-state index in [0.29, 0.717) is 11.1 Å². The first kappa shape index (κ1) is 13.2. The quantitative estimate of drug-likeness (QED) is 0.769. The van der Waals surface area contributed by atoms with Crippen LogP contribution in [0.15, 0.2) is 0 Å². The van der Waals surface area contributed by atoms with Gasteiger partial charge in [0.25, 0.3) is 0 Å². The summed E-state index contributed by atoms with van der Waals surface area (Å²) in [5.74, 6) is 6.32. The third-order valence-electron chi connectivity index (χ3n) is 8.67. The van der Waals surface area contributed by atoms with Crippen LogP contribution < -0.4 is 10.9 Å². The van der Waals surface area contributed by atoms with Crippen LogP contribution >= 0.6 is 0 Å². The largest absolute Gasteiger partial charge is 0.251 e. The standard InChI is InChI=1S/C20H32N2/c1-13-2-15-3-14(1)8-19(7-13,9-15)21-22-20-10-16-4-17(11-20)6-18(5-16)12-20/h13-18,21-22H,1-12H2. The summed E-state index contributed by atoms with van der Waals surface area (Å²) in [5.41, 5.74) is 9.04. The van der Waals surface area contributed by atoms with Crippen LogP contribution in [-0.4, -0.2) is 11.1 Å². The average Bonchev–Trinajstić information content (AvgIpc) is 2.42. The van der Waals surface area contributed by atoms with Crippen molar-refractivity contribution in [3.05, 3.63) is 0 Å². The van der Waals surface area contributed by atoms with E-state index in [9.17, 15) is 0 Å². The molecule has 0 aromatic rings. The Morgan fingerprint density at radius 3 is 0.864 bits per heavy atom. The monoisotopic (exact) mass is 300 g/mol. The second-order valence-electron chi connectivity index (χ2n) is 10.6. The second-order valence-corrected chi connectivity index (χ2v) is 10.6. The van der Waals surface area contributed by atoms with E-state index in [1.807, 2.05) is 0 Å². The lowest BCUT2D eigenvalue weighted by atomic mass is 9.52. The zero-order chi connectivity index (χ0) is 14.4. The van der Waals surface area contributed by atoms with Gasteiger partial charge in [0, 0.05) is 11.1 Å². The van der Waals surface area contributed by atoms with Crippen molar-refractivity contribution in [2.45, 2.75) is 88.1 Å². The molecule has 0 aromatic heterocycles. The van der Waals surface area contributed by atoms with E-state index in [2.05, 4.69) is 10.9 Å². The van der Waals surface area contributed by atoms with E-state index >= 15 is 0 Å². The molecule has 8 saturated carbocycles. The van der Waals surface area contributed by atoms with Gasteiger partial charge in [-0.2, -0.15) is 0 Å². The molecule has 0 unspecified atom stereocenters. The molecule has 0 aliphatic heterocycles. The molecule has 0 heterocycles. The van der Waals surface area contributed by atoms with Gasteiger partial charge >= 0.3 is 0 Å². The van der Waals surface area contributed by atoms with Crippen LogP contribution in [0, 0.1) is 35.5 Å². The van der Waals surface area contributed by atoms with Gasteiger partial charge in [0.05, 0.1) is 0 Å². The summed E-state index contributed by atoms with van der Waals surface area (Å²) in [6.07, 6.45) is 18.1. The fourth-order valence-corrected chi connectivity index (χ4v) is 8.79. The molecule has 0 saturated heterocycles. The minimum atomic E-state index is 0.484. The Kier molecular flexibility index (Phi) is 2.59. The van der Waals surface area contributed by atoms with Gasteiger partial charge in [-0.25, -0.2) is 0 Å². The molecule has 0 atom stereocenters. The molecule has 8 rings (SSSR count). The molecule has 8 aliphatic carbocycles. The maximum absolute atomic E-state index is 4.03. The van der Waals surface area contributed by atoms with Gasteiger partial charge in [0.15, 0.2) is 0 Å². The van der Waals surface area contributed by atoms with Gasteiger partial charge in [0.1, 0.15) is 0 Å². The van der Waals surface area contributed by atoms with Gasteiger partial charge in [-0.3, -0.25) is 10.9 Å². The molecule has 2 heteroatoms. The molecule has 2 N–H and O–H groups in total. The van der Waals surface area contributed by atoms with E-state index in [-0.39, 0.29) is 0 Å². The van der Waals surface area contributed by atoms with Crippen LogP contribution in [-0.2, 0) is 0 Å². The lowest BCUT2D eigenvalue weighted by Crippen LogP contribution is -2.69. The molecule has 8 fully saturated rings. The lowest BCUT2D eigenvalue weighted by Gasteiger charge is -2.60. The summed E-state index contributed by atoms with van der Waals surface area (Å²) in [7, 11) is 0. The molecule has 0 amide bonds. The van der Waals surface area contributed by atoms with E-state index in [1.165, 1.54) is 38.5 Å². The summed E-state index contributed by atoms with van der Waals surface area (Å²) < 4.78 is 0. The van der Waals surface area contributed by atoms with Crippen molar-refractivity contribution >= 4 is 0 Å². The third kappa shape index (κ3) is 1.92. The zero-order valence-electron chi connectivity index (χ0n) is 13.9. The van der Waals surface area contributed by atoms with Crippen molar-refractivity contribution in [3.8, 4) is 0 Å². The predicted octanol–water partition coefficient (Wildman–Crippen LogP) is 4.02. The number of hydrogen-bond donors (Lipinski definition) is 2. The molecule has 0 radical (unpaired) electrons. The third-order valence-corrected chi connectivity index (χ3v) is 8.67. The summed E-state index contributed by atoms with van der Waals surface area (Å²) in [6.45, 7) is 0. The fraction of sp³-hybridized carbons (Fsp3) is 1.00. The van der Waals surface area contributed by atoms with Crippen molar-refractivity contribution in [3.63, 3.8) is 0 Å². The van der Waals surface area contributed by atoms with Crippen molar-refractivity contribution in [1.29, 1.82) is 0 Å². The van der Waals surface area contributed by atoms with Gasteiger partial charge in [-0.05, 0) is 113 Å². The van der Waals surface area contributed by atoms with E-state index in [0.717, 1.165) is 35.5 Å². The number of rotatable bonds is 3. The Labute approximate surface area is 135 Å². The van der Waals surface area contributed by atoms with E-state index in [1.54, 1.807) is 38.5 Å². The fourth-order valence-electron chi connectivity index (χ4n) is 8.79. The van der Waals surface area contributed by atoms with Gasteiger partial charge in [0.2, 0.25) is 0 Å². The molecule has 8 bridgehead atoms. The van der Waals surface area contributed by atoms with Crippen molar-refractivity contribution in [1.82, 2.24) is 10.9 Å². The highest BCUT2D eigenvalue weighted by Crippen LogP contribution is 2.57. The molecule has 122 valence electrons. The average molecular weight is 300 g/mol. The van der Waals surface area contributed by atoms with Gasteiger partial charge in [-0.1, -0.05) is 0 Å². The Morgan fingerprint density at radius 2 is 0.636 bits per heavy atom. The Hall–Kier alpha value is -0.0800. The highest BCUT2D eigenvalue weighted by Gasteiger charge is 2.54. The smallest absolute Gasteiger partial charge is 0.0331 e.